The Balaban J connectivity index is 1.53. The van der Waals surface area contributed by atoms with Gasteiger partial charge >= 0.3 is 0 Å². The standard InChI is InChI=1S/C25H22N2O4/c1-16(2)13-23(28)26-17-7-6-10-19(14-17)31-20-11-12-21-22(15-20)25(30)27(24(21)29)18-8-4-3-5-9-18/h3-12,14-16H,13H2,1-2H3,(H,26,28). The predicted molar refractivity (Wildman–Crippen MR) is 119 cm³/mol. The van der Waals surface area contributed by atoms with Gasteiger partial charge in [0.1, 0.15) is 11.5 Å². The lowest BCUT2D eigenvalue weighted by Crippen LogP contribution is -2.29. The van der Waals surface area contributed by atoms with Crippen molar-refractivity contribution in [2.24, 2.45) is 5.92 Å². The van der Waals surface area contributed by atoms with Gasteiger partial charge in [0.15, 0.2) is 0 Å². The molecule has 1 aliphatic heterocycles. The fraction of sp³-hybridized carbons (Fsp3) is 0.160. The number of nitrogens with one attached hydrogen (secondary N) is 1. The Morgan fingerprint density at radius 1 is 0.871 bits per heavy atom. The first kappa shape index (κ1) is 20.3. The number of carbonyl (C=O) groups excluding carboxylic acids is 3. The van der Waals surface area contributed by atoms with Gasteiger partial charge in [-0.2, -0.15) is 0 Å². The van der Waals surface area contributed by atoms with E-state index >= 15 is 0 Å². The number of ether oxygens (including phenoxy) is 1. The second kappa shape index (κ2) is 8.44. The molecule has 0 saturated carbocycles. The Hall–Kier alpha value is -3.93. The molecule has 3 aromatic rings. The molecular weight excluding hydrogens is 392 g/mol. The lowest BCUT2D eigenvalue weighted by atomic mass is 10.1. The maximum Gasteiger partial charge on any atom is 0.266 e. The normalized spacial score (nSPS) is 12.8. The van der Waals surface area contributed by atoms with E-state index in [1.54, 1.807) is 66.7 Å². The molecule has 0 spiro atoms. The van der Waals surface area contributed by atoms with E-state index in [9.17, 15) is 14.4 Å². The van der Waals surface area contributed by atoms with E-state index in [-0.39, 0.29) is 23.6 Å². The second-order valence-corrected chi connectivity index (χ2v) is 7.76. The molecule has 0 unspecified atom stereocenters. The second-order valence-electron chi connectivity index (χ2n) is 7.76. The van der Waals surface area contributed by atoms with Crippen LogP contribution in [0.1, 0.15) is 41.0 Å². The summed E-state index contributed by atoms with van der Waals surface area (Å²) in [6.45, 7) is 3.97. The Bertz CT molecular complexity index is 1160. The van der Waals surface area contributed by atoms with Crippen LogP contribution in [-0.2, 0) is 4.79 Å². The molecule has 6 nitrogen and oxygen atoms in total. The SMILES string of the molecule is CC(C)CC(=O)Nc1cccc(Oc2ccc3c(c2)C(=O)N(c2ccccc2)C3=O)c1. The van der Waals surface area contributed by atoms with Gasteiger partial charge in [0, 0.05) is 18.2 Å². The van der Waals surface area contributed by atoms with Gasteiger partial charge < -0.3 is 10.1 Å². The molecule has 0 saturated heterocycles. The number of nitrogens with zero attached hydrogens (tertiary/aromatic N) is 1. The Morgan fingerprint density at radius 2 is 1.58 bits per heavy atom. The van der Waals surface area contributed by atoms with Crippen LogP contribution in [0.15, 0.2) is 72.8 Å². The largest absolute Gasteiger partial charge is 0.457 e. The number of benzene rings is 3. The van der Waals surface area contributed by atoms with Gasteiger partial charge in [-0.05, 0) is 48.4 Å². The molecule has 1 N–H and O–H groups in total. The number of rotatable bonds is 6. The van der Waals surface area contributed by atoms with Crippen LogP contribution in [0.25, 0.3) is 0 Å². The first-order valence-electron chi connectivity index (χ1n) is 10.1. The van der Waals surface area contributed by atoms with E-state index in [2.05, 4.69) is 5.32 Å². The molecule has 4 rings (SSSR count). The van der Waals surface area contributed by atoms with Crippen molar-refractivity contribution >= 4 is 29.1 Å². The fourth-order valence-corrected chi connectivity index (χ4v) is 3.45. The third kappa shape index (κ3) is 4.33. The molecule has 0 radical (unpaired) electrons. The van der Waals surface area contributed by atoms with Crippen LogP contribution in [0.2, 0.25) is 0 Å². The number of anilines is 2. The number of hydrogen-bond donors (Lipinski definition) is 1. The molecule has 1 aliphatic rings. The van der Waals surface area contributed by atoms with Crippen molar-refractivity contribution in [3.8, 4) is 11.5 Å². The molecule has 0 aromatic heterocycles. The third-order valence-electron chi connectivity index (χ3n) is 4.82. The van der Waals surface area contributed by atoms with E-state index in [0.29, 0.717) is 40.4 Å². The zero-order chi connectivity index (χ0) is 22.0. The lowest BCUT2D eigenvalue weighted by molar-refractivity contribution is -0.116. The van der Waals surface area contributed by atoms with Crippen molar-refractivity contribution in [1.29, 1.82) is 0 Å². The molecule has 3 amide bonds. The van der Waals surface area contributed by atoms with Gasteiger partial charge in [0.2, 0.25) is 5.91 Å². The topological polar surface area (TPSA) is 75.7 Å². The zero-order valence-corrected chi connectivity index (χ0v) is 17.3. The minimum absolute atomic E-state index is 0.0604. The van der Waals surface area contributed by atoms with Gasteiger partial charge in [-0.1, -0.05) is 38.1 Å². The summed E-state index contributed by atoms with van der Waals surface area (Å²) in [5.41, 5.74) is 1.80. The maximum absolute atomic E-state index is 12.9. The van der Waals surface area contributed by atoms with Gasteiger partial charge in [0.25, 0.3) is 11.8 Å². The molecule has 156 valence electrons. The number of para-hydroxylation sites is 1. The quantitative estimate of drug-likeness (QED) is 0.558. The molecule has 0 atom stereocenters. The Labute approximate surface area is 180 Å². The van der Waals surface area contributed by atoms with Crippen molar-refractivity contribution in [3.63, 3.8) is 0 Å². The maximum atomic E-state index is 12.9. The summed E-state index contributed by atoms with van der Waals surface area (Å²) in [6.07, 6.45) is 0.434. The van der Waals surface area contributed by atoms with Crippen LogP contribution >= 0.6 is 0 Å². The van der Waals surface area contributed by atoms with Gasteiger partial charge in [-0.3, -0.25) is 14.4 Å². The van der Waals surface area contributed by atoms with E-state index in [1.165, 1.54) is 4.90 Å². The van der Waals surface area contributed by atoms with Crippen LogP contribution < -0.4 is 15.0 Å². The minimum atomic E-state index is -0.383. The average Bonchev–Trinajstić information content (AvgIpc) is 2.98. The molecule has 3 aromatic carbocycles. The molecular formula is C25H22N2O4. The number of carbonyl (C=O) groups is 3. The number of fused-ring (bicyclic) bond motifs is 1. The van der Waals surface area contributed by atoms with Crippen molar-refractivity contribution in [1.82, 2.24) is 0 Å². The highest BCUT2D eigenvalue weighted by Gasteiger charge is 2.36. The molecule has 1 heterocycles. The van der Waals surface area contributed by atoms with Crippen molar-refractivity contribution < 1.29 is 19.1 Å². The predicted octanol–water partition coefficient (Wildman–Crippen LogP) is 5.26. The molecule has 31 heavy (non-hydrogen) atoms. The van der Waals surface area contributed by atoms with Crippen molar-refractivity contribution in [2.75, 3.05) is 10.2 Å². The van der Waals surface area contributed by atoms with Crippen LogP contribution in [0, 0.1) is 5.92 Å². The van der Waals surface area contributed by atoms with E-state index in [1.807, 2.05) is 19.9 Å². The van der Waals surface area contributed by atoms with Crippen molar-refractivity contribution in [2.45, 2.75) is 20.3 Å². The number of hydrogen-bond acceptors (Lipinski definition) is 4. The summed E-state index contributed by atoms with van der Waals surface area (Å²) in [7, 11) is 0. The minimum Gasteiger partial charge on any atom is -0.457 e. The zero-order valence-electron chi connectivity index (χ0n) is 17.3. The Morgan fingerprint density at radius 3 is 2.32 bits per heavy atom. The van der Waals surface area contributed by atoms with Crippen LogP contribution in [0.3, 0.4) is 0 Å². The van der Waals surface area contributed by atoms with E-state index in [4.69, 9.17) is 4.74 Å². The lowest BCUT2D eigenvalue weighted by Gasteiger charge is -2.13. The first-order chi connectivity index (χ1) is 14.9. The third-order valence-corrected chi connectivity index (χ3v) is 4.82. The van der Waals surface area contributed by atoms with Crippen LogP contribution in [-0.4, -0.2) is 17.7 Å². The van der Waals surface area contributed by atoms with Gasteiger partial charge in [0.05, 0.1) is 16.8 Å². The fourth-order valence-electron chi connectivity index (χ4n) is 3.45. The van der Waals surface area contributed by atoms with Gasteiger partial charge in [-0.15, -0.1) is 0 Å². The van der Waals surface area contributed by atoms with E-state index < -0.39 is 0 Å². The summed E-state index contributed by atoms with van der Waals surface area (Å²) < 4.78 is 5.90. The monoisotopic (exact) mass is 414 g/mol. The molecule has 6 heteroatoms. The summed E-state index contributed by atoms with van der Waals surface area (Å²) in [6, 6.07) is 20.7. The first-order valence-corrected chi connectivity index (χ1v) is 10.1. The average molecular weight is 414 g/mol. The Kier molecular flexibility index (Phi) is 5.54. The highest BCUT2D eigenvalue weighted by Crippen LogP contribution is 2.32. The molecule has 0 aliphatic carbocycles. The summed E-state index contributed by atoms with van der Waals surface area (Å²) >= 11 is 0. The highest BCUT2D eigenvalue weighted by atomic mass is 16.5. The smallest absolute Gasteiger partial charge is 0.266 e. The molecule has 0 bridgehead atoms. The summed E-state index contributed by atoms with van der Waals surface area (Å²) in [5.74, 6) is 0.412. The summed E-state index contributed by atoms with van der Waals surface area (Å²) in [4.78, 5) is 38.8. The number of imide groups is 1. The van der Waals surface area contributed by atoms with Crippen LogP contribution in [0.5, 0.6) is 11.5 Å². The van der Waals surface area contributed by atoms with Crippen molar-refractivity contribution in [3.05, 3.63) is 83.9 Å². The molecule has 0 fully saturated rings. The van der Waals surface area contributed by atoms with E-state index in [0.717, 1.165) is 0 Å². The number of amides is 3. The summed E-state index contributed by atoms with van der Waals surface area (Å²) in [5, 5.41) is 2.85. The highest BCUT2D eigenvalue weighted by molar-refractivity contribution is 6.34. The van der Waals surface area contributed by atoms with Crippen LogP contribution in [0.4, 0.5) is 11.4 Å². The van der Waals surface area contributed by atoms with Gasteiger partial charge in [-0.25, -0.2) is 4.90 Å².